The van der Waals surface area contributed by atoms with Crippen LogP contribution in [0, 0.1) is 0 Å². The molecule has 0 aliphatic carbocycles. The molecule has 1 rings (SSSR count). The summed E-state index contributed by atoms with van der Waals surface area (Å²) in [6, 6.07) is 6.87. The molecule has 50 valence electrons. The third kappa shape index (κ3) is 1.47. The maximum absolute atomic E-state index is 10.3. The molecule has 0 unspecified atom stereocenters. The Hall–Kier alpha value is -0.580. The van der Waals surface area contributed by atoms with E-state index in [0.717, 1.165) is 0 Å². The van der Waals surface area contributed by atoms with Gasteiger partial charge in [0.05, 0.1) is 10.6 Å². The molecule has 0 bridgehead atoms. The first-order valence-electron chi connectivity index (χ1n) is 2.64. The molecule has 1 aromatic rings. The Balaban J connectivity index is 3.20. The Morgan fingerprint density at radius 2 is 1.30 bits per heavy atom. The highest BCUT2D eigenvalue weighted by atomic mass is 31.1. The van der Waals surface area contributed by atoms with Crippen molar-refractivity contribution in [3.8, 4) is 0 Å². The molecule has 0 N–H and O–H groups in total. The van der Waals surface area contributed by atoms with Crippen LogP contribution in [0.25, 0.3) is 0 Å². The van der Waals surface area contributed by atoms with Crippen LogP contribution in [0.15, 0.2) is 24.3 Å². The molecule has 10 heavy (non-hydrogen) atoms. The van der Waals surface area contributed by atoms with Gasteiger partial charge in [0.25, 0.3) is 0 Å². The van der Waals surface area contributed by atoms with E-state index in [9.17, 15) is 9.13 Å². The summed E-state index contributed by atoms with van der Waals surface area (Å²) in [4.78, 5) is 0. The molecular weight excluding hydrogens is 166 g/mol. The van der Waals surface area contributed by atoms with Crippen molar-refractivity contribution in [2.75, 3.05) is 0 Å². The van der Waals surface area contributed by atoms with Gasteiger partial charge >= 0.3 is 0 Å². The minimum absolute atomic E-state index is 0.0791. The fourth-order valence-corrected chi connectivity index (χ4v) is 1.49. The smallest absolute Gasteiger partial charge is 0.193 e. The van der Waals surface area contributed by atoms with E-state index in [-0.39, 0.29) is 16.9 Å². The topological polar surface area (TPSA) is 34.1 Å². The van der Waals surface area contributed by atoms with E-state index in [1.807, 2.05) is 0 Å². The minimum Gasteiger partial charge on any atom is -0.269 e. The van der Waals surface area contributed by atoms with Crippen LogP contribution in [-0.2, 0) is 9.13 Å². The lowest BCUT2D eigenvalue weighted by atomic mass is 10.4. The molecule has 0 heterocycles. The Morgan fingerprint density at radius 3 is 1.60 bits per heavy atom. The van der Waals surface area contributed by atoms with Gasteiger partial charge in [-0.05, 0) is 12.1 Å². The summed E-state index contributed by atoms with van der Waals surface area (Å²) in [5, 5.41) is 1.17. The van der Waals surface area contributed by atoms with Crippen molar-refractivity contribution in [3.05, 3.63) is 24.3 Å². The van der Waals surface area contributed by atoms with E-state index in [1.165, 1.54) is 0 Å². The third-order valence-electron chi connectivity index (χ3n) is 1.08. The highest BCUT2D eigenvalue weighted by Gasteiger charge is 1.98. The van der Waals surface area contributed by atoms with Crippen LogP contribution in [0.2, 0.25) is 0 Å². The Labute approximate surface area is 61.7 Å². The van der Waals surface area contributed by atoms with Crippen LogP contribution in [0.1, 0.15) is 0 Å². The van der Waals surface area contributed by atoms with E-state index in [0.29, 0.717) is 10.6 Å². The van der Waals surface area contributed by atoms with Gasteiger partial charge in [0.15, 0.2) is 16.9 Å². The van der Waals surface area contributed by atoms with Gasteiger partial charge in [0.1, 0.15) is 0 Å². The maximum Gasteiger partial charge on any atom is 0.193 e. The first-order chi connectivity index (χ1) is 4.88. The number of benzene rings is 1. The lowest BCUT2D eigenvalue weighted by molar-refractivity contribution is 0.601. The van der Waals surface area contributed by atoms with Crippen LogP contribution in [0.4, 0.5) is 0 Å². The molecule has 0 aliphatic heterocycles. The lowest BCUT2D eigenvalue weighted by Gasteiger charge is -1.89. The van der Waals surface area contributed by atoms with Crippen molar-refractivity contribution in [1.29, 1.82) is 0 Å². The monoisotopic (exact) mass is 170 g/mol. The summed E-state index contributed by atoms with van der Waals surface area (Å²) in [5.74, 6) is 0. The zero-order chi connectivity index (χ0) is 7.40. The van der Waals surface area contributed by atoms with Gasteiger partial charge in [-0.25, -0.2) is 0 Å². The van der Waals surface area contributed by atoms with Gasteiger partial charge in [-0.15, -0.1) is 0 Å². The Bertz CT molecular complexity index is 233. The molecule has 4 heteroatoms. The predicted molar refractivity (Wildman–Crippen MR) is 40.9 cm³/mol. The molecule has 0 aromatic heterocycles. The van der Waals surface area contributed by atoms with Crippen molar-refractivity contribution in [1.82, 2.24) is 0 Å². The standard InChI is InChI=1S/C6H4O2P2/c7-9-5-3-1-2-4-6(5)10-8/h1-4H. The molecule has 2 nitrogen and oxygen atoms in total. The van der Waals surface area contributed by atoms with E-state index in [1.54, 1.807) is 24.3 Å². The zero-order valence-electron chi connectivity index (χ0n) is 5.02. The quantitative estimate of drug-likeness (QED) is 0.630. The van der Waals surface area contributed by atoms with Crippen molar-refractivity contribution in [2.45, 2.75) is 0 Å². The zero-order valence-corrected chi connectivity index (χ0v) is 6.81. The normalized spacial score (nSPS) is 10.4. The second-order valence-corrected chi connectivity index (χ2v) is 3.00. The maximum atomic E-state index is 10.3. The molecule has 0 aliphatic rings. The van der Waals surface area contributed by atoms with Crippen molar-refractivity contribution in [2.24, 2.45) is 0 Å². The molecule has 1 aromatic carbocycles. The first-order valence-corrected chi connectivity index (χ1v) is 4.26. The minimum atomic E-state index is -0.0791. The molecule has 0 fully saturated rings. The number of hydrogen-bond donors (Lipinski definition) is 0. The fourth-order valence-electron chi connectivity index (χ4n) is 0.619. The summed E-state index contributed by atoms with van der Waals surface area (Å²) in [5.41, 5.74) is 0. The van der Waals surface area contributed by atoms with Crippen LogP contribution in [0.3, 0.4) is 0 Å². The van der Waals surface area contributed by atoms with Gasteiger partial charge < -0.3 is 0 Å². The molecule has 0 saturated heterocycles. The van der Waals surface area contributed by atoms with Crippen LogP contribution in [0.5, 0.6) is 0 Å². The lowest BCUT2D eigenvalue weighted by Crippen LogP contribution is -2.10. The van der Waals surface area contributed by atoms with Crippen LogP contribution in [-0.4, -0.2) is 0 Å². The van der Waals surface area contributed by atoms with E-state index in [4.69, 9.17) is 0 Å². The number of hydrogen-bond acceptors (Lipinski definition) is 2. The van der Waals surface area contributed by atoms with Crippen molar-refractivity contribution < 1.29 is 9.13 Å². The van der Waals surface area contributed by atoms with Crippen LogP contribution >= 0.6 is 16.9 Å². The SMILES string of the molecule is O=Pc1ccccc1P=O. The predicted octanol–water partition coefficient (Wildman–Crippen LogP) is 1.52. The Morgan fingerprint density at radius 1 is 0.900 bits per heavy atom. The third-order valence-corrected chi connectivity index (χ3v) is 2.43. The largest absolute Gasteiger partial charge is 0.269 e. The second kappa shape index (κ2) is 3.55. The second-order valence-electron chi connectivity index (χ2n) is 1.67. The summed E-state index contributed by atoms with van der Waals surface area (Å²) in [6.45, 7) is 0. The highest BCUT2D eigenvalue weighted by molar-refractivity contribution is 7.42. The fraction of sp³-hybridized carbons (Fsp3) is 0. The molecule has 0 spiro atoms. The number of rotatable bonds is 2. The molecule has 0 atom stereocenters. The van der Waals surface area contributed by atoms with E-state index in [2.05, 4.69) is 0 Å². The average molecular weight is 170 g/mol. The average Bonchev–Trinajstić information content (AvgIpc) is 2.04. The summed E-state index contributed by atoms with van der Waals surface area (Å²) >= 11 is 0. The van der Waals surface area contributed by atoms with Gasteiger partial charge in [-0.1, -0.05) is 12.1 Å². The van der Waals surface area contributed by atoms with Gasteiger partial charge in [0.2, 0.25) is 0 Å². The highest BCUT2D eigenvalue weighted by Crippen LogP contribution is 1.99. The first kappa shape index (κ1) is 7.53. The summed E-state index contributed by atoms with van der Waals surface area (Å²) in [6.07, 6.45) is 0. The van der Waals surface area contributed by atoms with Crippen molar-refractivity contribution >= 4 is 27.5 Å². The van der Waals surface area contributed by atoms with Gasteiger partial charge in [-0.3, -0.25) is 9.13 Å². The van der Waals surface area contributed by atoms with Crippen molar-refractivity contribution in [3.63, 3.8) is 0 Å². The molecule has 0 amide bonds. The Kier molecular flexibility index (Phi) is 2.68. The summed E-state index contributed by atoms with van der Waals surface area (Å²) < 4.78 is 20.7. The van der Waals surface area contributed by atoms with Gasteiger partial charge in [0, 0.05) is 0 Å². The van der Waals surface area contributed by atoms with Crippen LogP contribution < -0.4 is 10.6 Å². The molecule has 0 saturated carbocycles. The van der Waals surface area contributed by atoms with Gasteiger partial charge in [-0.2, -0.15) is 0 Å². The van der Waals surface area contributed by atoms with E-state index < -0.39 is 0 Å². The molecular formula is C6H4O2P2. The molecule has 0 radical (unpaired) electrons. The van der Waals surface area contributed by atoms with E-state index >= 15 is 0 Å². The summed E-state index contributed by atoms with van der Waals surface area (Å²) in [7, 11) is -0.158.